The van der Waals surface area contributed by atoms with Crippen LogP contribution in [0.4, 0.5) is 0 Å². The van der Waals surface area contributed by atoms with Crippen molar-refractivity contribution in [3.8, 4) is 0 Å². The van der Waals surface area contributed by atoms with Crippen LogP contribution in [0.25, 0.3) is 0 Å². The molecular weight excluding hydrogens is 298 g/mol. The van der Waals surface area contributed by atoms with Crippen LogP contribution >= 0.6 is 15.9 Å². The Hall–Kier alpha value is -0.340. The van der Waals surface area contributed by atoms with Gasteiger partial charge in [0, 0.05) is 11.9 Å². The third-order valence-electron chi connectivity index (χ3n) is 4.15. The van der Waals surface area contributed by atoms with E-state index < -0.39 is 0 Å². The average Bonchev–Trinajstić information content (AvgIpc) is 2.39. The number of hydrogen-bond acceptors (Lipinski definition) is 1. The molecule has 0 unspecified atom stereocenters. The third-order valence-corrected chi connectivity index (χ3v) is 5.07. The Kier molecular flexibility index (Phi) is 5.08. The number of likely N-dealkylation sites (tertiary alicyclic amines) is 1. The Morgan fingerprint density at radius 2 is 1.68 bits per heavy atom. The second-order valence-corrected chi connectivity index (χ2v) is 7.47. The monoisotopic (exact) mass is 323 g/mol. The molecule has 0 radical (unpaired) electrons. The number of rotatable bonds is 3. The van der Waals surface area contributed by atoms with Crippen molar-refractivity contribution in [3.63, 3.8) is 0 Å². The molecule has 1 nitrogen and oxygen atoms in total. The van der Waals surface area contributed by atoms with Crippen molar-refractivity contribution in [2.24, 2.45) is 5.92 Å². The number of alkyl halides is 1. The molecule has 1 aliphatic rings. The van der Waals surface area contributed by atoms with Gasteiger partial charge in [0.1, 0.15) is 0 Å². The maximum Gasteiger partial charge on any atom is 0.0233 e. The predicted octanol–water partition coefficient (Wildman–Crippen LogP) is 4.59. The quantitative estimate of drug-likeness (QED) is 0.735. The molecule has 2 rings (SSSR count). The summed E-state index contributed by atoms with van der Waals surface area (Å²) in [6.45, 7) is 10.4. The van der Waals surface area contributed by atoms with Crippen LogP contribution in [-0.4, -0.2) is 23.3 Å². The summed E-state index contributed by atoms with van der Waals surface area (Å²) in [6.07, 6.45) is 2.68. The van der Waals surface area contributed by atoms with Gasteiger partial charge < -0.3 is 0 Å². The molecule has 1 aliphatic heterocycles. The van der Waals surface area contributed by atoms with Crippen LogP contribution in [0, 0.1) is 5.92 Å². The molecule has 0 bridgehead atoms. The highest BCUT2D eigenvalue weighted by Gasteiger charge is 2.18. The van der Waals surface area contributed by atoms with Crippen molar-refractivity contribution in [1.82, 2.24) is 4.90 Å². The van der Waals surface area contributed by atoms with E-state index in [9.17, 15) is 0 Å². The second kappa shape index (κ2) is 6.41. The Labute approximate surface area is 126 Å². The van der Waals surface area contributed by atoms with E-state index in [1.54, 1.807) is 0 Å². The molecule has 0 atom stereocenters. The summed E-state index contributed by atoms with van der Waals surface area (Å²) in [5, 5.41) is 1.17. The lowest BCUT2D eigenvalue weighted by molar-refractivity contribution is 0.187. The summed E-state index contributed by atoms with van der Waals surface area (Å²) in [4.78, 5) is 2.59. The zero-order valence-corrected chi connectivity index (χ0v) is 14.0. The molecule has 1 saturated heterocycles. The molecule has 2 heteroatoms. The van der Waals surface area contributed by atoms with Gasteiger partial charge in [0.25, 0.3) is 0 Å². The van der Waals surface area contributed by atoms with Crippen molar-refractivity contribution in [2.45, 2.75) is 45.6 Å². The highest BCUT2D eigenvalue weighted by Crippen LogP contribution is 2.24. The third kappa shape index (κ3) is 4.32. The van der Waals surface area contributed by atoms with Crippen molar-refractivity contribution in [2.75, 3.05) is 18.4 Å². The van der Waals surface area contributed by atoms with Gasteiger partial charge in [-0.05, 0) is 48.4 Å². The number of nitrogens with zero attached hydrogens (tertiary/aromatic N) is 1. The summed E-state index contributed by atoms with van der Waals surface area (Å²) in [5.41, 5.74) is 3.13. The fraction of sp³-hybridized carbons (Fsp3) is 0.647. The Morgan fingerprint density at radius 3 is 2.16 bits per heavy atom. The first kappa shape index (κ1) is 15.1. The highest BCUT2D eigenvalue weighted by molar-refractivity contribution is 9.09. The average molecular weight is 324 g/mol. The normalized spacial score (nSPS) is 18.7. The van der Waals surface area contributed by atoms with Crippen LogP contribution in [0.2, 0.25) is 0 Å². The number of hydrogen-bond donors (Lipinski definition) is 0. The second-order valence-electron chi connectivity index (χ2n) is 6.82. The van der Waals surface area contributed by atoms with E-state index in [0.29, 0.717) is 0 Å². The fourth-order valence-electron chi connectivity index (χ4n) is 2.67. The first-order valence-electron chi connectivity index (χ1n) is 7.37. The molecule has 1 aromatic carbocycles. The van der Waals surface area contributed by atoms with E-state index in [-0.39, 0.29) is 5.41 Å². The minimum absolute atomic E-state index is 0.257. The number of benzene rings is 1. The summed E-state index contributed by atoms with van der Waals surface area (Å²) < 4.78 is 0. The minimum atomic E-state index is 0.257. The van der Waals surface area contributed by atoms with Gasteiger partial charge in [-0.2, -0.15) is 0 Å². The molecule has 0 spiro atoms. The van der Waals surface area contributed by atoms with Gasteiger partial charge in [0.05, 0.1) is 0 Å². The van der Waals surface area contributed by atoms with Crippen LogP contribution in [0.15, 0.2) is 24.3 Å². The Bertz CT molecular complexity index is 383. The zero-order chi connectivity index (χ0) is 13.9. The smallest absolute Gasteiger partial charge is 0.0233 e. The maximum atomic E-state index is 3.61. The molecule has 1 aromatic rings. The van der Waals surface area contributed by atoms with E-state index in [1.165, 1.54) is 42.4 Å². The summed E-state index contributed by atoms with van der Waals surface area (Å²) in [5.74, 6) is 0.888. The van der Waals surface area contributed by atoms with E-state index in [2.05, 4.69) is 65.9 Å². The van der Waals surface area contributed by atoms with Gasteiger partial charge in [0.2, 0.25) is 0 Å². The summed E-state index contributed by atoms with van der Waals surface area (Å²) in [6, 6.07) is 9.19. The lowest BCUT2D eigenvalue weighted by Crippen LogP contribution is -2.33. The van der Waals surface area contributed by atoms with Crippen LogP contribution < -0.4 is 0 Å². The predicted molar refractivity (Wildman–Crippen MR) is 86.9 cm³/mol. The first-order chi connectivity index (χ1) is 8.99. The molecule has 1 fully saturated rings. The molecule has 19 heavy (non-hydrogen) atoms. The highest BCUT2D eigenvalue weighted by atomic mass is 79.9. The molecular formula is C17H26BrN. The van der Waals surface area contributed by atoms with Gasteiger partial charge in [-0.15, -0.1) is 0 Å². The number of halogens is 1. The largest absolute Gasteiger partial charge is 0.299 e. The van der Waals surface area contributed by atoms with E-state index in [4.69, 9.17) is 0 Å². The van der Waals surface area contributed by atoms with Crippen molar-refractivity contribution in [1.29, 1.82) is 0 Å². The Morgan fingerprint density at radius 1 is 1.11 bits per heavy atom. The fourth-order valence-corrected chi connectivity index (χ4v) is 3.31. The topological polar surface area (TPSA) is 3.24 Å². The lowest BCUT2D eigenvalue weighted by Gasteiger charge is -2.31. The van der Waals surface area contributed by atoms with Crippen LogP contribution in [0.1, 0.15) is 44.7 Å². The molecule has 1 heterocycles. The van der Waals surface area contributed by atoms with Crippen molar-refractivity contribution in [3.05, 3.63) is 35.4 Å². The zero-order valence-electron chi connectivity index (χ0n) is 12.5. The molecule has 0 N–H and O–H groups in total. The maximum absolute atomic E-state index is 3.61. The molecule has 0 amide bonds. The SMILES string of the molecule is CC(C)(C)c1ccc(CN2CCC(CBr)CC2)cc1. The molecule has 0 saturated carbocycles. The first-order valence-corrected chi connectivity index (χ1v) is 8.49. The molecule has 0 aromatic heterocycles. The summed E-state index contributed by atoms with van der Waals surface area (Å²) in [7, 11) is 0. The van der Waals surface area contributed by atoms with Crippen molar-refractivity contribution < 1.29 is 0 Å². The van der Waals surface area contributed by atoms with Gasteiger partial charge in [-0.1, -0.05) is 61.0 Å². The molecule has 0 aliphatic carbocycles. The van der Waals surface area contributed by atoms with E-state index >= 15 is 0 Å². The summed E-state index contributed by atoms with van der Waals surface area (Å²) >= 11 is 3.61. The van der Waals surface area contributed by atoms with E-state index in [0.717, 1.165) is 12.5 Å². The van der Waals surface area contributed by atoms with Crippen molar-refractivity contribution >= 4 is 15.9 Å². The van der Waals surface area contributed by atoms with Crippen LogP contribution in [-0.2, 0) is 12.0 Å². The van der Waals surface area contributed by atoms with Gasteiger partial charge in [-0.25, -0.2) is 0 Å². The van der Waals surface area contributed by atoms with Crippen LogP contribution in [0.5, 0.6) is 0 Å². The van der Waals surface area contributed by atoms with Crippen LogP contribution in [0.3, 0.4) is 0 Å². The minimum Gasteiger partial charge on any atom is -0.299 e. The standard InChI is InChI=1S/C17H26BrN/c1-17(2,3)16-6-4-15(5-7-16)13-19-10-8-14(12-18)9-11-19/h4-7,14H,8-13H2,1-3H3. The Balaban J connectivity index is 1.90. The van der Waals surface area contributed by atoms with Gasteiger partial charge in [0.15, 0.2) is 0 Å². The molecule has 106 valence electrons. The van der Waals surface area contributed by atoms with Gasteiger partial charge in [-0.3, -0.25) is 4.90 Å². The van der Waals surface area contributed by atoms with E-state index in [1.807, 2.05) is 0 Å². The van der Waals surface area contributed by atoms with Gasteiger partial charge >= 0.3 is 0 Å². The number of piperidine rings is 1. The lowest BCUT2D eigenvalue weighted by atomic mass is 9.86.